The second-order valence-corrected chi connectivity index (χ2v) is 7.24. The molecule has 1 unspecified atom stereocenters. The average Bonchev–Trinajstić information content (AvgIpc) is 2.98. The van der Waals surface area contributed by atoms with Crippen molar-refractivity contribution in [2.75, 3.05) is 18.8 Å². The van der Waals surface area contributed by atoms with Gasteiger partial charge in [0, 0.05) is 25.2 Å². The van der Waals surface area contributed by atoms with Gasteiger partial charge in [0.2, 0.25) is 5.95 Å². The number of nitrogen functional groups attached to an aromatic ring is 1. The number of hydrogen-bond donors (Lipinski definition) is 1. The molecule has 1 saturated heterocycles. The lowest BCUT2D eigenvalue weighted by molar-refractivity contribution is 0.261. The number of rotatable bonds is 3. The van der Waals surface area contributed by atoms with Crippen molar-refractivity contribution < 1.29 is 4.39 Å². The summed E-state index contributed by atoms with van der Waals surface area (Å²) in [7, 11) is 0. The molecule has 1 aliphatic rings. The van der Waals surface area contributed by atoms with Crippen LogP contribution in [0.3, 0.4) is 0 Å². The third-order valence-corrected chi connectivity index (χ3v) is 5.13. The largest absolute Gasteiger partial charge is 0.369 e. The smallest absolute Gasteiger partial charge is 0.201 e. The van der Waals surface area contributed by atoms with Crippen LogP contribution in [-0.2, 0) is 6.54 Å². The standard InChI is InChI=1S/C15H20FIN4/c1-9(2)20-4-3-10(7-20)8-21-14-5-11(16)12(17)6-13(14)19-15(21)18/h5-6,9-10H,3-4,7-8H2,1-2H3,(H2,18,19). The minimum atomic E-state index is -0.209. The maximum Gasteiger partial charge on any atom is 0.201 e. The van der Waals surface area contributed by atoms with Gasteiger partial charge in [-0.2, -0.15) is 0 Å². The summed E-state index contributed by atoms with van der Waals surface area (Å²) in [5, 5.41) is 0. The molecule has 1 aromatic carbocycles. The summed E-state index contributed by atoms with van der Waals surface area (Å²) in [6, 6.07) is 3.88. The molecule has 0 spiro atoms. The predicted octanol–water partition coefficient (Wildman–Crippen LogP) is 3.09. The van der Waals surface area contributed by atoms with Gasteiger partial charge in [-0.25, -0.2) is 9.37 Å². The fourth-order valence-electron chi connectivity index (χ4n) is 3.07. The van der Waals surface area contributed by atoms with Crippen LogP contribution >= 0.6 is 22.6 Å². The van der Waals surface area contributed by atoms with Crippen molar-refractivity contribution in [2.45, 2.75) is 32.9 Å². The van der Waals surface area contributed by atoms with Gasteiger partial charge in [-0.05, 0) is 61.4 Å². The molecule has 4 nitrogen and oxygen atoms in total. The summed E-state index contributed by atoms with van der Waals surface area (Å²) >= 11 is 1.98. The van der Waals surface area contributed by atoms with Crippen LogP contribution in [0.4, 0.5) is 10.3 Å². The summed E-state index contributed by atoms with van der Waals surface area (Å²) < 4.78 is 16.4. The second-order valence-electron chi connectivity index (χ2n) is 6.08. The van der Waals surface area contributed by atoms with Crippen LogP contribution in [0.15, 0.2) is 12.1 Å². The number of fused-ring (bicyclic) bond motifs is 1. The monoisotopic (exact) mass is 402 g/mol. The zero-order chi connectivity index (χ0) is 15.1. The molecule has 2 aromatic rings. The number of imidazole rings is 1. The first-order valence-corrected chi connectivity index (χ1v) is 8.38. The molecule has 6 heteroatoms. The van der Waals surface area contributed by atoms with Gasteiger partial charge < -0.3 is 15.2 Å². The van der Waals surface area contributed by atoms with Crippen molar-refractivity contribution in [3.8, 4) is 0 Å². The van der Waals surface area contributed by atoms with Gasteiger partial charge in [0.05, 0.1) is 14.6 Å². The van der Waals surface area contributed by atoms with E-state index in [1.54, 1.807) is 12.1 Å². The Morgan fingerprint density at radius 3 is 2.90 bits per heavy atom. The molecule has 21 heavy (non-hydrogen) atoms. The predicted molar refractivity (Wildman–Crippen MR) is 91.6 cm³/mol. The van der Waals surface area contributed by atoms with E-state index < -0.39 is 0 Å². The quantitative estimate of drug-likeness (QED) is 0.803. The Hall–Kier alpha value is -0.890. The lowest BCUT2D eigenvalue weighted by Gasteiger charge is -2.20. The molecule has 0 amide bonds. The van der Waals surface area contributed by atoms with E-state index in [4.69, 9.17) is 5.73 Å². The van der Waals surface area contributed by atoms with Crippen LogP contribution < -0.4 is 5.73 Å². The molecular formula is C15H20FIN4. The first-order valence-electron chi connectivity index (χ1n) is 7.30. The number of anilines is 1. The number of halogens is 2. The van der Waals surface area contributed by atoms with Crippen LogP contribution in [0.2, 0.25) is 0 Å². The van der Waals surface area contributed by atoms with Crippen LogP contribution in [-0.4, -0.2) is 33.6 Å². The first kappa shape index (κ1) is 15.0. The maximum absolute atomic E-state index is 13.8. The van der Waals surface area contributed by atoms with Crippen LogP contribution in [0, 0.1) is 15.3 Å². The molecule has 2 heterocycles. The molecule has 0 radical (unpaired) electrons. The highest BCUT2D eigenvalue weighted by Crippen LogP contribution is 2.26. The molecule has 114 valence electrons. The topological polar surface area (TPSA) is 47.1 Å². The number of benzene rings is 1. The SMILES string of the molecule is CC(C)N1CCC(Cn2c(N)nc3cc(I)c(F)cc32)C1. The van der Waals surface area contributed by atoms with Gasteiger partial charge >= 0.3 is 0 Å². The summed E-state index contributed by atoms with van der Waals surface area (Å²) in [5.41, 5.74) is 7.61. The van der Waals surface area contributed by atoms with Crippen molar-refractivity contribution >= 4 is 39.6 Å². The molecular weight excluding hydrogens is 382 g/mol. The zero-order valence-corrected chi connectivity index (χ0v) is 14.5. The lowest BCUT2D eigenvalue weighted by atomic mass is 10.1. The van der Waals surface area contributed by atoms with Crippen molar-refractivity contribution in [3.63, 3.8) is 0 Å². The molecule has 2 N–H and O–H groups in total. The van der Waals surface area contributed by atoms with Gasteiger partial charge in [-0.3, -0.25) is 0 Å². The van der Waals surface area contributed by atoms with E-state index in [1.165, 1.54) is 0 Å². The van der Waals surface area contributed by atoms with Crippen molar-refractivity contribution in [2.24, 2.45) is 5.92 Å². The summed E-state index contributed by atoms with van der Waals surface area (Å²) in [5.74, 6) is 0.823. The van der Waals surface area contributed by atoms with E-state index in [9.17, 15) is 4.39 Å². The van der Waals surface area contributed by atoms with Gasteiger partial charge in [0.25, 0.3) is 0 Å². The Bertz CT molecular complexity index is 667. The normalized spacial score (nSPS) is 20.0. The summed E-state index contributed by atoms with van der Waals surface area (Å²) in [6.45, 7) is 7.46. The van der Waals surface area contributed by atoms with E-state index in [0.29, 0.717) is 21.5 Å². The number of nitrogens with zero attached hydrogens (tertiary/aromatic N) is 3. The number of hydrogen-bond acceptors (Lipinski definition) is 3. The molecule has 1 aliphatic heterocycles. The molecule has 0 saturated carbocycles. The van der Waals surface area contributed by atoms with E-state index in [2.05, 4.69) is 23.7 Å². The Morgan fingerprint density at radius 2 is 2.24 bits per heavy atom. The zero-order valence-electron chi connectivity index (χ0n) is 12.3. The van der Waals surface area contributed by atoms with Crippen molar-refractivity contribution in [1.29, 1.82) is 0 Å². The average molecular weight is 402 g/mol. The highest BCUT2D eigenvalue weighted by molar-refractivity contribution is 14.1. The molecule has 1 aromatic heterocycles. The second kappa shape index (κ2) is 5.72. The fraction of sp³-hybridized carbons (Fsp3) is 0.533. The van der Waals surface area contributed by atoms with Crippen molar-refractivity contribution in [1.82, 2.24) is 14.5 Å². The molecule has 0 aliphatic carbocycles. The summed E-state index contributed by atoms with van der Waals surface area (Å²) in [4.78, 5) is 6.84. The van der Waals surface area contributed by atoms with E-state index >= 15 is 0 Å². The molecule has 3 rings (SSSR count). The highest BCUT2D eigenvalue weighted by Gasteiger charge is 2.25. The third kappa shape index (κ3) is 2.88. The Morgan fingerprint density at radius 1 is 1.48 bits per heavy atom. The minimum absolute atomic E-state index is 0.209. The van der Waals surface area contributed by atoms with Gasteiger partial charge in [-0.1, -0.05) is 0 Å². The molecule has 1 fully saturated rings. The summed E-state index contributed by atoms with van der Waals surface area (Å²) in [6.07, 6.45) is 1.16. The van der Waals surface area contributed by atoms with Crippen LogP contribution in [0.25, 0.3) is 11.0 Å². The first-order chi connectivity index (χ1) is 9.95. The van der Waals surface area contributed by atoms with Crippen LogP contribution in [0.5, 0.6) is 0 Å². The van der Waals surface area contributed by atoms with Gasteiger partial charge in [-0.15, -0.1) is 0 Å². The maximum atomic E-state index is 13.8. The van der Waals surface area contributed by atoms with E-state index in [0.717, 1.165) is 37.1 Å². The minimum Gasteiger partial charge on any atom is -0.369 e. The van der Waals surface area contributed by atoms with E-state index in [1.807, 2.05) is 27.2 Å². The Kier molecular flexibility index (Phi) is 4.09. The molecule has 1 atom stereocenters. The Balaban J connectivity index is 1.87. The Labute approximate surface area is 137 Å². The highest BCUT2D eigenvalue weighted by atomic mass is 127. The lowest BCUT2D eigenvalue weighted by Crippen LogP contribution is -2.28. The van der Waals surface area contributed by atoms with Gasteiger partial charge in [0.1, 0.15) is 5.82 Å². The molecule has 0 bridgehead atoms. The van der Waals surface area contributed by atoms with Crippen molar-refractivity contribution in [3.05, 3.63) is 21.5 Å². The number of nitrogens with two attached hydrogens (primary N) is 1. The van der Waals surface area contributed by atoms with E-state index in [-0.39, 0.29) is 5.82 Å². The number of aromatic nitrogens is 2. The third-order valence-electron chi connectivity index (χ3n) is 4.31. The number of likely N-dealkylation sites (tertiary alicyclic amines) is 1. The fourth-order valence-corrected chi connectivity index (χ4v) is 3.52. The van der Waals surface area contributed by atoms with Crippen LogP contribution in [0.1, 0.15) is 20.3 Å². The van der Waals surface area contributed by atoms with Gasteiger partial charge in [0.15, 0.2) is 0 Å².